The van der Waals surface area contributed by atoms with Gasteiger partial charge in [0.15, 0.2) is 11.5 Å². The first-order valence-corrected chi connectivity index (χ1v) is 11.3. The van der Waals surface area contributed by atoms with Crippen LogP contribution in [0.5, 0.6) is 17.2 Å². The van der Waals surface area contributed by atoms with Crippen LogP contribution < -0.4 is 14.2 Å². The van der Waals surface area contributed by atoms with Gasteiger partial charge in [-0.15, -0.1) is 0 Å². The van der Waals surface area contributed by atoms with Gasteiger partial charge < -0.3 is 19.1 Å². The average molecular weight is 421 g/mol. The molecule has 2 aliphatic rings. The summed E-state index contributed by atoms with van der Waals surface area (Å²) in [4.78, 5) is 2.60. The average Bonchev–Trinajstić information content (AvgIpc) is 3.04. The van der Waals surface area contributed by atoms with Gasteiger partial charge in [-0.1, -0.05) is 12.1 Å². The fraction of sp³-hybridized carbons (Fsp3) is 0.500. The number of nitriles is 1. The van der Waals surface area contributed by atoms with Gasteiger partial charge in [0.05, 0.1) is 32.5 Å². The van der Waals surface area contributed by atoms with E-state index in [2.05, 4.69) is 29.2 Å². The Morgan fingerprint density at radius 3 is 2.58 bits per heavy atom. The van der Waals surface area contributed by atoms with Crippen molar-refractivity contribution in [2.75, 3.05) is 40.5 Å². The smallest absolute Gasteiger partial charge is 0.160 e. The van der Waals surface area contributed by atoms with Crippen molar-refractivity contribution in [3.63, 3.8) is 0 Å². The summed E-state index contributed by atoms with van der Waals surface area (Å²) in [6.45, 7) is 4.11. The molecule has 2 aromatic rings. The van der Waals surface area contributed by atoms with Crippen LogP contribution in [-0.2, 0) is 0 Å². The minimum Gasteiger partial charge on any atom is -0.493 e. The van der Waals surface area contributed by atoms with Crippen molar-refractivity contribution in [1.29, 1.82) is 5.26 Å². The Balaban J connectivity index is 1.33. The lowest BCUT2D eigenvalue weighted by atomic mass is 9.88. The SMILES string of the molecule is COc1ccc(C2CCN(CCC3CCCOc4cc(C#N)ccc43)CC2)cc1OC. The molecule has 1 unspecified atom stereocenters. The molecule has 1 fully saturated rings. The molecule has 0 spiro atoms. The summed E-state index contributed by atoms with van der Waals surface area (Å²) >= 11 is 0. The number of nitrogens with zero attached hydrogens (tertiary/aromatic N) is 2. The molecular formula is C26H32N2O3. The van der Waals surface area contributed by atoms with Gasteiger partial charge >= 0.3 is 0 Å². The van der Waals surface area contributed by atoms with Crippen LogP contribution in [0.3, 0.4) is 0 Å². The first kappa shape index (κ1) is 21.5. The van der Waals surface area contributed by atoms with E-state index in [0.29, 0.717) is 17.4 Å². The number of fused-ring (bicyclic) bond motifs is 1. The third-order valence-electron chi connectivity index (χ3n) is 6.80. The second-order valence-electron chi connectivity index (χ2n) is 8.57. The molecule has 5 heteroatoms. The molecule has 5 nitrogen and oxygen atoms in total. The Labute approximate surface area is 185 Å². The Morgan fingerprint density at radius 1 is 1.03 bits per heavy atom. The van der Waals surface area contributed by atoms with Gasteiger partial charge in [0.1, 0.15) is 5.75 Å². The molecule has 31 heavy (non-hydrogen) atoms. The predicted octanol–water partition coefficient (Wildman–Crippen LogP) is 5.10. The molecule has 2 aliphatic heterocycles. The van der Waals surface area contributed by atoms with Crippen LogP contribution >= 0.6 is 0 Å². The Bertz CT molecular complexity index is 929. The zero-order valence-corrected chi connectivity index (χ0v) is 18.6. The Morgan fingerprint density at radius 2 is 1.84 bits per heavy atom. The minimum absolute atomic E-state index is 0.508. The van der Waals surface area contributed by atoms with Crippen LogP contribution in [0.2, 0.25) is 0 Å². The summed E-state index contributed by atoms with van der Waals surface area (Å²) in [7, 11) is 3.37. The highest BCUT2D eigenvalue weighted by molar-refractivity contribution is 5.45. The molecule has 0 amide bonds. The van der Waals surface area contributed by atoms with Gasteiger partial charge in [0, 0.05) is 0 Å². The summed E-state index contributed by atoms with van der Waals surface area (Å²) in [5.74, 6) is 3.60. The van der Waals surface area contributed by atoms with Gasteiger partial charge in [0.2, 0.25) is 0 Å². The molecule has 1 saturated heterocycles. The third kappa shape index (κ3) is 4.97. The molecule has 0 bridgehead atoms. The standard InChI is InChI=1S/C26H32N2O3/c1-29-24-8-6-22(17-26(24)30-2)20-9-12-28(13-10-20)14-11-21-4-3-15-31-25-16-19(18-27)5-7-23(21)25/h5-8,16-17,20-21H,3-4,9-15H2,1-2H3. The summed E-state index contributed by atoms with van der Waals surface area (Å²) in [6.07, 6.45) is 5.71. The number of likely N-dealkylation sites (tertiary alicyclic amines) is 1. The maximum atomic E-state index is 9.18. The van der Waals surface area contributed by atoms with Crippen LogP contribution in [0.1, 0.15) is 60.6 Å². The topological polar surface area (TPSA) is 54.7 Å². The lowest BCUT2D eigenvalue weighted by molar-refractivity contribution is 0.204. The second-order valence-corrected chi connectivity index (χ2v) is 8.57. The fourth-order valence-corrected chi connectivity index (χ4v) is 4.97. The molecule has 4 rings (SSSR count). The van der Waals surface area contributed by atoms with Crippen LogP contribution in [0, 0.1) is 11.3 Å². The van der Waals surface area contributed by atoms with Crippen LogP contribution in [0.4, 0.5) is 0 Å². The molecule has 0 aromatic heterocycles. The van der Waals surface area contributed by atoms with Gasteiger partial charge in [-0.05, 0) is 99.0 Å². The monoisotopic (exact) mass is 420 g/mol. The number of methoxy groups -OCH3 is 2. The number of piperidine rings is 1. The van der Waals surface area contributed by atoms with E-state index in [1.54, 1.807) is 14.2 Å². The van der Waals surface area contributed by atoms with Gasteiger partial charge in [0.25, 0.3) is 0 Å². The summed E-state index contributed by atoms with van der Waals surface area (Å²) in [5.41, 5.74) is 3.30. The highest BCUT2D eigenvalue weighted by atomic mass is 16.5. The molecule has 0 radical (unpaired) electrons. The third-order valence-corrected chi connectivity index (χ3v) is 6.80. The molecular weight excluding hydrogens is 388 g/mol. The van der Waals surface area contributed by atoms with E-state index in [4.69, 9.17) is 14.2 Å². The summed E-state index contributed by atoms with van der Waals surface area (Å²) < 4.78 is 16.8. The molecule has 0 saturated carbocycles. The summed E-state index contributed by atoms with van der Waals surface area (Å²) in [6, 6.07) is 14.5. The van der Waals surface area contributed by atoms with Gasteiger partial charge in [-0.2, -0.15) is 5.26 Å². The largest absolute Gasteiger partial charge is 0.493 e. The highest BCUT2D eigenvalue weighted by Crippen LogP contribution is 2.37. The lowest BCUT2D eigenvalue weighted by Gasteiger charge is -2.33. The van der Waals surface area contributed by atoms with E-state index >= 15 is 0 Å². The van der Waals surface area contributed by atoms with E-state index in [0.717, 1.165) is 62.8 Å². The zero-order chi connectivity index (χ0) is 21.6. The first-order valence-electron chi connectivity index (χ1n) is 11.3. The van der Waals surface area contributed by atoms with E-state index in [1.807, 2.05) is 18.2 Å². The predicted molar refractivity (Wildman–Crippen MR) is 121 cm³/mol. The molecule has 2 aromatic carbocycles. The Kier molecular flexibility index (Phi) is 6.99. The van der Waals surface area contributed by atoms with E-state index in [1.165, 1.54) is 24.0 Å². The molecule has 0 aliphatic carbocycles. The highest BCUT2D eigenvalue weighted by Gasteiger charge is 2.24. The van der Waals surface area contributed by atoms with Crippen LogP contribution in [0.25, 0.3) is 0 Å². The molecule has 2 heterocycles. The molecule has 1 atom stereocenters. The van der Waals surface area contributed by atoms with Crippen molar-refractivity contribution >= 4 is 0 Å². The number of benzene rings is 2. The fourth-order valence-electron chi connectivity index (χ4n) is 4.97. The summed E-state index contributed by atoms with van der Waals surface area (Å²) in [5, 5.41) is 9.18. The number of rotatable bonds is 6. The van der Waals surface area contributed by atoms with E-state index < -0.39 is 0 Å². The number of hydrogen-bond donors (Lipinski definition) is 0. The quantitative estimate of drug-likeness (QED) is 0.651. The molecule has 0 N–H and O–H groups in total. The molecule has 164 valence electrons. The van der Waals surface area contributed by atoms with Crippen LogP contribution in [0.15, 0.2) is 36.4 Å². The van der Waals surface area contributed by atoms with Crippen LogP contribution in [-0.4, -0.2) is 45.4 Å². The Hall–Kier alpha value is -2.71. The van der Waals surface area contributed by atoms with Gasteiger partial charge in [-0.25, -0.2) is 0 Å². The lowest BCUT2D eigenvalue weighted by Crippen LogP contribution is -2.34. The van der Waals surface area contributed by atoms with Crippen molar-refractivity contribution in [3.8, 4) is 23.3 Å². The van der Waals surface area contributed by atoms with E-state index in [-0.39, 0.29) is 0 Å². The normalized spacial score (nSPS) is 19.6. The second kappa shape index (κ2) is 10.1. The van der Waals surface area contributed by atoms with Crippen molar-refractivity contribution in [3.05, 3.63) is 53.1 Å². The first-order chi connectivity index (χ1) is 15.2. The van der Waals surface area contributed by atoms with Crippen molar-refractivity contribution < 1.29 is 14.2 Å². The van der Waals surface area contributed by atoms with Crippen molar-refractivity contribution in [1.82, 2.24) is 4.90 Å². The van der Waals surface area contributed by atoms with Crippen molar-refractivity contribution in [2.45, 2.75) is 43.9 Å². The number of ether oxygens (including phenoxy) is 3. The van der Waals surface area contributed by atoms with Gasteiger partial charge in [-0.3, -0.25) is 0 Å². The number of hydrogen-bond acceptors (Lipinski definition) is 5. The minimum atomic E-state index is 0.508. The maximum absolute atomic E-state index is 9.18. The van der Waals surface area contributed by atoms with E-state index in [9.17, 15) is 5.26 Å². The maximum Gasteiger partial charge on any atom is 0.160 e. The van der Waals surface area contributed by atoms with Crippen molar-refractivity contribution in [2.24, 2.45) is 0 Å². The zero-order valence-electron chi connectivity index (χ0n) is 18.6.